The van der Waals surface area contributed by atoms with Gasteiger partial charge in [-0.1, -0.05) is 55.0 Å². The fourth-order valence-corrected chi connectivity index (χ4v) is 5.78. The quantitative estimate of drug-likeness (QED) is 0.414. The molecule has 1 fully saturated rings. The van der Waals surface area contributed by atoms with Crippen molar-refractivity contribution in [2.24, 2.45) is 0 Å². The third-order valence-corrected chi connectivity index (χ3v) is 8.17. The van der Waals surface area contributed by atoms with Gasteiger partial charge >= 0.3 is 0 Å². The average Bonchev–Trinajstić information content (AvgIpc) is 3.37. The maximum atomic E-state index is 13.3. The Labute approximate surface area is 210 Å². The molecular formula is C27H31N3O2S2. The first-order valence-electron chi connectivity index (χ1n) is 11.7. The van der Waals surface area contributed by atoms with Crippen LogP contribution in [0.2, 0.25) is 0 Å². The number of piperidine rings is 1. The molecule has 2 amide bonds. The number of likely N-dealkylation sites (tertiary alicyclic amines) is 1. The van der Waals surface area contributed by atoms with Crippen molar-refractivity contribution in [3.63, 3.8) is 0 Å². The number of anilines is 1. The van der Waals surface area contributed by atoms with Crippen molar-refractivity contribution in [2.45, 2.75) is 32.6 Å². The van der Waals surface area contributed by atoms with E-state index in [4.69, 9.17) is 4.98 Å². The molecule has 5 nitrogen and oxygen atoms in total. The Morgan fingerprint density at radius 1 is 1.12 bits per heavy atom. The summed E-state index contributed by atoms with van der Waals surface area (Å²) < 4.78 is 0. The first-order valence-corrected chi connectivity index (χ1v) is 13.8. The Hall–Kier alpha value is -2.64. The minimum atomic E-state index is -0.105. The van der Waals surface area contributed by atoms with Crippen molar-refractivity contribution >= 4 is 40.6 Å². The third-order valence-electron chi connectivity index (χ3n) is 6.30. The predicted octanol–water partition coefficient (Wildman–Crippen LogP) is 5.85. The molecule has 7 heteroatoms. The molecule has 0 atom stereocenters. The number of aromatic nitrogens is 1. The summed E-state index contributed by atoms with van der Waals surface area (Å²) in [6, 6.07) is 16.3. The molecule has 34 heavy (non-hydrogen) atoms. The summed E-state index contributed by atoms with van der Waals surface area (Å²) in [6.07, 6.45) is 1.80. The Kier molecular flexibility index (Phi) is 8.06. The van der Waals surface area contributed by atoms with Gasteiger partial charge in [0.05, 0.1) is 16.4 Å². The van der Waals surface area contributed by atoms with Gasteiger partial charge in [0, 0.05) is 37.0 Å². The number of benzene rings is 2. The van der Waals surface area contributed by atoms with Gasteiger partial charge in [-0.25, -0.2) is 4.98 Å². The number of thioether (sulfide) groups is 1. The van der Waals surface area contributed by atoms with Gasteiger partial charge in [-0.15, -0.1) is 11.3 Å². The van der Waals surface area contributed by atoms with Crippen molar-refractivity contribution < 1.29 is 9.59 Å². The van der Waals surface area contributed by atoms with Crippen molar-refractivity contribution in [2.75, 3.05) is 36.5 Å². The minimum Gasteiger partial charge on any atom is -0.342 e. The number of aryl methyl sites for hydroxylation is 1. The Bertz CT molecular complexity index is 1130. The van der Waals surface area contributed by atoms with Crippen LogP contribution in [0.4, 0.5) is 5.69 Å². The lowest BCUT2D eigenvalue weighted by Crippen LogP contribution is -2.39. The average molecular weight is 494 g/mol. The summed E-state index contributed by atoms with van der Waals surface area (Å²) in [7, 11) is 1.81. The SMILES string of the molecule is CCSCC(=O)N1CCC(c2nc(C(=O)N(C)c3ccccc3-c3ccc(C)cc3)cs2)CC1. The van der Waals surface area contributed by atoms with Crippen LogP contribution < -0.4 is 4.90 Å². The van der Waals surface area contributed by atoms with Crippen LogP contribution in [0, 0.1) is 6.92 Å². The Balaban J connectivity index is 1.44. The molecule has 2 aromatic carbocycles. The minimum absolute atomic E-state index is 0.105. The van der Waals surface area contributed by atoms with E-state index in [1.807, 2.05) is 41.6 Å². The van der Waals surface area contributed by atoms with Crippen LogP contribution in [-0.4, -0.2) is 53.3 Å². The molecule has 0 bridgehead atoms. The zero-order valence-corrected chi connectivity index (χ0v) is 21.6. The van der Waals surface area contributed by atoms with Crippen LogP contribution >= 0.6 is 23.1 Å². The van der Waals surface area contributed by atoms with E-state index in [-0.39, 0.29) is 11.8 Å². The molecule has 0 aliphatic carbocycles. The molecule has 1 saturated heterocycles. The second-order valence-corrected chi connectivity index (χ2v) is 10.8. The zero-order valence-electron chi connectivity index (χ0n) is 20.0. The maximum Gasteiger partial charge on any atom is 0.277 e. The molecule has 0 spiro atoms. The van der Waals surface area contributed by atoms with Crippen molar-refractivity contribution in [3.05, 3.63) is 70.2 Å². The highest BCUT2D eigenvalue weighted by molar-refractivity contribution is 7.99. The molecule has 0 radical (unpaired) electrons. The molecule has 1 aliphatic heterocycles. The van der Waals surface area contributed by atoms with Gasteiger partial charge in [0.1, 0.15) is 5.69 Å². The summed E-state index contributed by atoms with van der Waals surface area (Å²) in [5, 5.41) is 2.87. The van der Waals surface area contributed by atoms with Gasteiger partial charge in [0.2, 0.25) is 5.91 Å². The predicted molar refractivity (Wildman–Crippen MR) is 143 cm³/mol. The van der Waals surface area contributed by atoms with Gasteiger partial charge in [0.25, 0.3) is 5.91 Å². The lowest BCUT2D eigenvalue weighted by atomic mass is 9.97. The highest BCUT2D eigenvalue weighted by atomic mass is 32.2. The molecule has 4 rings (SSSR count). The highest BCUT2D eigenvalue weighted by Crippen LogP contribution is 2.33. The topological polar surface area (TPSA) is 53.5 Å². The standard InChI is InChI=1S/C27H31N3O2S2/c1-4-33-18-25(31)30-15-13-21(14-16-30)26-28-23(17-34-26)27(32)29(3)24-8-6-5-7-22(24)20-11-9-19(2)10-12-20/h5-12,17,21H,4,13-16,18H2,1-3H3. The van der Waals surface area contributed by atoms with E-state index >= 15 is 0 Å². The van der Waals surface area contributed by atoms with Gasteiger partial charge < -0.3 is 9.80 Å². The maximum absolute atomic E-state index is 13.3. The molecule has 3 aromatic rings. The smallest absolute Gasteiger partial charge is 0.277 e. The normalized spacial score (nSPS) is 14.3. The Morgan fingerprint density at radius 2 is 1.82 bits per heavy atom. The number of hydrogen-bond donors (Lipinski definition) is 0. The molecule has 2 heterocycles. The van der Waals surface area contributed by atoms with Gasteiger partial charge in [-0.3, -0.25) is 9.59 Å². The number of para-hydroxylation sites is 1. The second-order valence-electron chi connectivity index (χ2n) is 8.61. The van der Waals surface area contributed by atoms with Crippen molar-refractivity contribution in [1.82, 2.24) is 9.88 Å². The van der Waals surface area contributed by atoms with Gasteiger partial charge in [-0.2, -0.15) is 11.8 Å². The van der Waals surface area contributed by atoms with E-state index < -0.39 is 0 Å². The third kappa shape index (κ3) is 5.53. The molecule has 1 aromatic heterocycles. The van der Waals surface area contributed by atoms with Crippen LogP contribution in [0.1, 0.15) is 46.7 Å². The van der Waals surface area contributed by atoms with Crippen molar-refractivity contribution in [1.29, 1.82) is 0 Å². The number of amides is 2. The molecule has 1 aliphatic rings. The van der Waals surface area contributed by atoms with Crippen molar-refractivity contribution in [3.8, 4) is 11.1 Å². The summed E-state index contributed by atoms with van der Waals surface area (Å²) in [5.74, 6) is 1.95. The number of carbonyl (C=O) groups excluding carboxylic acids is 2. The highest BCUT2D eigenvalue weighted by Gasteiger charge is 2.27. The summed E-state index contributed by atoms with van der Waals surface area (Å²) in [4.78, 5) is 34.0. The van der Waals surface area contributed by atoms with E-state index in [0.717, 1.165) is 53.5 Å². The molecule has 178 valence electrons. The number of carbonyl (C=O) groups is 2. The van der Waals surface area contributed by atoms with E-state index in [2.05, 4.69) is 38.1 Å². The molecule has 0 unspecified atom stereocenters. The first-order chi connectivity index (χ1) is 16.5. The van der Waals surface area contributed by atoms with Gasteiger partial charge in [0.15, 0.2) is 0 Å². The fraction of sp³-hybridized carbons (Fsp3) is 0.370. The van der Waals surface area contributed by atoms with Crippen LogP contribution in [0.25, 0.3) is 11.1 Å². The summed E-state index contributed by atoms with van der Waals surface area (Å²) >= 11 is 3.23. The zero-order chi connectivity index (χ0) is 24.1. The van der Waals surface area contributed by atoms with E-state index in [1.54, 1.807) is 28.0 Å². The van der Waals surface area contributed by atoms with E-state index in [9.17, 15) is 9.59 Å². The van der Waals surface area contributed by atoms with Gasteiger partial charge in [-0.05, 0) is 37.1 Å². The molecule has 0 N–H and O–H groups in total. The largest absolute Gasteiger partial charge is 0.342 e. The lowest BCUT2D eigenvalue weighted by Gasteiger charge is -2.31. The number of thiazole rings is 1. The summed E-state index contributed by atoms with van der Waals surface area (Å²) in [6.45, 7) is 5.67. The van der Waals surface area contributed by atoms with E-state index in [0.29, 0.717) is 17.4 Å². The number of rotatable bonds is 7. The van der Waals surface area contributed by atoms with Crippen LogP contribution in [0.3, 0.4) is 0 Å². The molecule has 0 saturated carbocycles. The van der Waals surface area contributed by atoms with Crippen LogP contribution in [-0.2, 0) is 4.79 Å². The number of nitrogens with zero attached hydrogens (tertiary/aromatic N) is 3. The molecular weight excluding hydrogens is 462 g/mol. The lowest BCUT2D eigenvalue weighted by molar-refractivity contribution is -0.129. The van der Waals surface area contributed by atoms with Crippen LogP contribution in [0.15, 0.2) is 53.9 Å². The van der Waals surface area contributed by atoms with E-state index in [1.165, 1.54) is 5.56 Å². The van der Waals surface area contributed by atoms with Crippen LogP contribution in [0.5, 0.6) is 0 Å². The summed E-state index contributed by atoms with van der Waals surface area (Å²) in [5.41, 5.74) is 4.66. The number of hydrogen-bond acceptors (Lipinski definition) is 5. The fourth-order valence-electron chi connectivity index (χ4n) is 4.25. The Morgan fingerprint density at radius 3 is 2.53 bits per heavy atom. The first kappa shape index (κ1) is 24.5. The second kappa shape index (κ2) is 11.2. The monoisotopic (exact) mass is 493 g/mol.